The Bertz CT molecular complexity index is 1320. The largest absolute Gasteiger partial charge is 0.284 e. The molecule has 0 atom stereocenters. The summed E-state index contributed by atoms with van der Waals surface area (Å²) in [5, 5.41) is 0. The quantitative estimate of drug-likeness (QED) is 0.458. The maximum atomic E-state index is 4.86. The van der Waals surface area contributed by atoms with Crippen LogP contribution in [0.4, 0.5) is 5.69 Å². The van der Waals surface area contributed by atoms with Gasteiger partial charge in [-0.2, -0.15) is 0 Å². The lowest BCUT2D eigenvalue weighted by Gasteiger charge is -2.07. The summed E-state index contributed by atoms with van der Waals surface area (Å²) < 4.78 is 3.04. The number of aromatic nitrogens is 4. The Kier molecular flexibility index (Phi) is 3.76. The summed E-state index contributed by atoms with van der Waals surface area (Å²) in [6.45, 7) is 2.06. The molecule has 0 N–H and O–H groups in total. The van der Waals surface area contributed by atoms with Gasteiger partial charge in [-0.1, -0.05) is 35.9 Å². The Morgan fingerprint density at radius 3 is 2.48 bits per heavy atom. The second-order valence-corrected chi connectivity index (χ2v) is 7.25. The highest BCUT2D eigenvalue weighted by Crippen LogP contribution is 2.28. The van der Waals surface area contributed by atoms with Crippen LogP contribution in [-0.4, -0.2) is 19.5 Å². The van der Waals surface area contributed by atoms with Crippen LogP contribution >= 0.6 is 11.3 Å². The number of nitrogens with zero attached hydrogens (tertiary/aromatic N) is 5. The van der Waals surface area contributed by atoms with E-state index in [2.05, 4.69) is 35.2 Å². The van der Waals surface area contributed by atoms with Crippen LogP contribution in [0.2, 0.25) is 0 Å². The van der Waals surface area contributed by atoms with Crippen molar-refractivity contribution in [3.8, 4) is 5.69 Å². The van der Waals surface area contributed by atoms with E-state index in [1.807, 2.05) is 47.0 Å². The third-order valence-corrected chi connectivity index (χ3v) is 5.31. The Morgan fingerprint density at radius 2 is 1.67 bits per heavy atom. The number of rotatable bonds is 2. The van der Waals surface area contributed by atoms with E-state index in [9.17, 15) is 0 Å². The summed E-state index contributed by atoms with van der Waals surface area (Å²) in [4.78, 5) is 19.4. The van der Waals surface area contributed by atoms with E-state index in [0.717, 1.165) is 31.9 Å². The van der Waals surface area contributed by atoms with Crippen molar-refractivity contribution in [3.05, 3.63) is 84.4 Å². The molecule has 0 spiro atoms. The third kappa shape index (κ3) is 2.90. The van der Waals surface area contributed by atoms with Crippen molar-refractivity contribution in [2.45, 2.75) is 6.92 Å². The Labute approximate surface area is 159 Å². The number of hydrogen-bond donors (Lipinski definition) is 0. The molecular weight excluding hydrogens is 354 g/mol. The molecule has 130 valence electrons. The first-order valence-electron chi connectivity index (χ1n) is 8.58. The van der Waals surface area contributed by atoms with Crippen molar-refractivity contribution < 1.29 is 0 Å². The van der Waals surface area contributed by atoms with Gasteiger partial charge < -0.3 is 0 Å². The predicted octanol–water partition coefficient (Wildman–Crippen LogP) is 4.57. The molecule has 0 aliphatic carbocycles. The number of fused-ring (bicyclic) bond motifs is 3. The van der Waals surface area contributed by atoms with Crippen LogP contribution in [0.25, 0.3) is 26.3 Å². The average Bonchev–Trinajstić information content (AvgIpc) is 3.07. The Balaban J connectivity index is 1.85. The van der Waals surface area contributed by atoms with Crippen LogP contribution in [0.1, 0.15) is 5.56 Å². The highest BCUT2D eigenvalue weighted by atomic mass is 32.1. The molecular formula is C21H15N5S. The Hall–Kier alpha value is -3.38. The van der Waals surface area contributed by atoms with E-state index in [1.165, 1.54) is 5.56 Å². The standard InChI is InChI=1S/C21H15N5S/c1-14-7-9-15(10-8-14)24-21-25-18-17(27-20-19(18)22-11-12-23-20)13-26(21)16-5-3-2-4-6-16/h2-13H,1H3. The summed E-state index contributed by atoms with van der Waals surface area (Å²) in [5.41, 5.74) is 5.34. The fourth-order valence-corrected chi connectivity index (χ4v) is 3.91. The van der Waals surface area contributed by atoms with Gasteiger partial charge in [0, 0.05) is 24.3 Å². The van der Waals surface area contributed by atoms with Crippen molar-refractivity contribution >= 4 is 37.6 Å². The minimum atomic E-state index is 0.614. The van der Waals surface area contributed by atoms with Crippen LogP contribution in [-0.2, 0) is 0 Å². The van der Waals surface area contributed by atoms with Gasteiger partial charge in [-0.3, -0.25) is 4.57 Å². The fourth-order valence-electron chi connectivity index (χ4n) is 2.95. The average molecular weight is 369 g/mol. The Morgan fingerprint density at radius 1 is 0.889 bits per heavy atom. The van der Waals surface area contributed by atoms with E-state index in [1.54, 1.807) is 23.7 Å². The number of thiophene rings is 1. The van der Waals surface area contributed by atoms with Crippen LogP contribution in [0.5, 0.6) is 0 Å². The molecule has 0 saturated carbocycles. The van der Waals surface area contributed by atoms with E-state index in [0.29, 0.717) is 5.62 Å². The van der Waals surface area contributed by atoms with Crippen molar-refractivity contribution in [1.29, 1.82) is 0 Å². The van der Waals surface area contributed by atoms with Crippen molar-refractivity contribution in [2.75, 3.05) is 0 Å². The second-order valence-electron chi connectivity index (χ2n) is 6.22. The second kappa shape index (κ2) is 6.41. The molecule has 0 amide bonds. The molecule has 6 heteroatoms. The predicted molar refractivity (Wildman–Crippen MR) is 108 cm³/mol. The van der Waals surface area contributed by atoms with E-state index >= 15 is 0 Å². The van der Waals surface area contributed by atoms with Gasteiger partial charge in [-0.25, -0.2) is 19.9 Å². The van der Waals surface area contributed by atoms with Gasteiger partial charge in [0.2, 0.25) is 5.62 Å². The molecule has 3 aromatic heterocycles. The maximum absolute atomic E-state index is 4.86. The van der Waals surface area contributed by atoms with E-state index in [-0.39, 0.29) is 0 Å². The van der Waals surface area contributed by atoms with Gasteiger partial charge in [-0.15, -0.1) is 11.3 Å². The smallest absolute Gasteiger partial charge is 0.235 e. The maximum Gasteiger partial charge on any atom is 0.235 e. The molecule has 0 fully saturated rings. The first-order valence-corrected chi connectivity index (χ1v) is 9.39. The summed E-state index contributed by atoms with van der Waals surface area (Å²) >= 11 is 1.59. The number of para-hydroxylation sites is 1. The lowest BCUT2D eigenvalue weighted by Crippen LogP contribution is -2.22. The van der Waals surface area contributed by atoms with Crippen LogP contribution in [0.15, 0.2) is 78.2 Å². The zero-order chi connectivity index (χ0) is 18.2. The van der Waals surface area contributed by atoms with Crippen LogP contribution in [0, 0.1) is 6.92 Å². The van der Waals surface area contributed by atoms with Crippen molar-refractivity contribution in [1.82, 2.24) is 19.5 Å². The molecule has 5 aromatic rings. The lowest BCUT2D eigenvalue weighted by molar-refractivity contribution is 0.898. The molecule has 27 heavy (non-hydrogen) atoms. The molecule has 0 aliphatic rings. The molecule has 3 heterocycles. The summed E-state index contributed by atoms with van der Waals surface area (Å²) in [6.07, 6.45) is 5.48. The molecule has 0 unspecified atom stereocenters. The van der Waals surface area contributed by atoms with Gasteiger partial charge in [-0.05, 0) is 31.2 Å². The monoisotopic (exact) mass is 369 g/mol. The molecule has 0 bridgehead atoms. The number of benzene rings is 2. The van der Waals surface area contributed by atoms with Crippen LogP contribution < -0.4 is 5.62 Å². The third-order valence-electron chi connectivity index (χ3n) is 4.30. The topological polar surface area (TPSA) is 56.0 Å². The first-order chi connectivity index (χ1) is 13.3. The number of hydrogen-bond acceptors (Lipinski definition) is 5. The lowest BCUT2D eigenvalue weighted by atomic mass is 10.2. The minimum Gasteiger partial charge on any atom is -0.284 e. The van der Waals surface area contributed by atoms with Crippen LogP contribution in [0.3, 0.4) is 0 Å². The zero-order valence-corrected chi connectivity index (χ0v) is 15.4. The summed E-state index contributed by atoms with van der Waals surface area (Å²) in [7, 11) is 0. The minimum absolute atomic E-state index is 0.614. The zero-order valence-electron chi connectivity index (χ0n) is 14.6. The van der Waals surface area contributed by atoms with Gasteiger partial charge in [0.05, 0.1) is 10.4 Å². The normalized spacial score (nSPS) is 12.1. The highest BCUT2D eigenvalue weighted by molar-refractivity contribution is 7.25. The summed E-state index contributed by atoms with van der Waals surface area (Å²) in [5.74, 6) is 0. The van der Waals surface area contributed by atoms with Gasteiger partial charge in [0.25, 0.3) is 0 Å². The highest BCUT2D eigenvalue weighted by Gasteiger charge is 2.11. The molecule has 5 rings (SSSR count). The van der Waals surface area contributed by atoms with Crippen molar-refractivity contribution in [2.24, 2.45) is 4.99 Å². The SMILES string of the molecule is Cc1ccc(N=c2nc3c(cn2-c2ccccc2)sc2nccnc23)cc1. The van der Waals surface area contributed by atoms with E-state index in [4.69, 9.17) is 9.98 Å². The van der Waals surface area contributed by atoms with Crippen molar-refractivity contribution in [3.63, 3.8) is 0 Å². The summed E-state index contributed by atoms with van der Waals surface area (Å²) in [6, 6.07) is 18.2. The van der Waals surface area contributed by atoms with Gasteiger partial charge in [0.15, 0.2) is 0 Å². The number of aryl methyl sites for hydroxylation is 1. The van der Waals surface area contributed by atoms with E-state index < -0.39 is 0 Å². The first kappa shape index (κ1) is 15.8. The van der Waals surface area contributed by atoms with Gasteiger partial charge >= 0.3 is 0 Å². The molecule has 0 saturated heterocycles. The fraction of sp³-hybridized carbons (Fsp3) is 0.0476. The van der Waals surface area contributed by atoms with Gasteiger partial charge in [0.1, 0.15) is 15.9 Å². The molecule has 0 aliphatic heterocycles. The molecule has 0 radical (unpaired) electrons. The molecule has 5 nitrogen and oxygen atoms in total. The molecule has 2 aromatic carbocycles.